The number of hydrogen-bond donors (Lipinski definition) is 2. The Labute approximate surface area is 121 Å². The van der Waals surface area contributed by atoms with Gasteiger partial charge in [0.15, 0.2) is 0 Å². The highest BCUT2D eigenvalue weighted by atomic mass is 16.3. The van der Waals surface area contributed by atoms with Crippen molar-refractivity contribution in [2.75, 3.05) is 18.0 Å². The minimum Gasteiger partial charge on any atom is -0.391 e. The summed E-state index contributed by atoms with van der Waals surface area (Å²) in [6, 6.07) is 8.25. The predicted molar refractivity (Wildman–Crippen MR) is 82.8 cm³/mol. The van der Waals surface area contributed by atoms with Gasteiger partial charge in [0.25, 0.3) is 0 Å². The Kier molecular flexibility index (Phi) is 4.27. The van der Waals surface area contributed by atoms with E-state index in [9.17, 15) is 5.11 Å². The Bertz CT molecular complexity index is 419. The quantitative estimate of drug-likeness (QED) is 0.887. The number of hydrogen-bond acceptors (Lipinski definition) is 3. The zero-order valence-corrected chi connectivity index (χ0v) is 12.2. The average molecular weight is 274 g/mol. The first-order valence-corrected chi connectivity index (χ1v) is 8.04. The Balaban J connectivity index is 1.66. The van der Waals surface area contributed by atoms with Crippen molar-refractivity contribution in [2.45, 2.75) is 50.7 Å². The Hall–Kier alpha value is -1.06. The molecule has 3 rings (SSSR count). The van der Waals surface area contributed by atoms with Crippen LogP contribution >= 0.6 is 0 Å². The smallest absolute Gasteiger partial charge is 0.0760 e. The first-order valence-electron chi connectivity index (χ1n) is 8.04. The van der Waals surface area contributed by atoms with Crippen LogP contribution in [0.4, 0.5) is 5.69 Å². The van der Waals surface area contributed by atoms with Crippen LogP contribution in [-0.4, -0.2) is 24.3 Å². The van der Waals surface area contributed by atoms with Gasteiger partial charge in [0.2, 0.25) is 0 Å². The molecule has 1 aliphatic carbocycles. The summed E-state index contributed by atoms with van der Waals surface area (Å²) in [6.07, 6.45) is 6.92. The molecule has 0 aromatic heterocycles. The number of aliphatic hydroxyl groups is 1. The molecule has 0 bridgehead atoms. The van der Waals surface area contributed by atoms with Crippen LogP contribution in [0.5, 0.6) is 0 Å². The van der Waals surface area contributed by atoms with Gasteiger partial charge in [0.05, 0.1) is 12.1 Å². The molecule has 110 valence electrons. The fourth-order valence-electron chi connectivity index (χ4n) is 3.67. The van der Waals surface area contributed by atoms with Crippen molar-refractivity contribution in [1.29, 1.82) is 0 Å². The van der Waals surface area contributed by atoms with E-state index < -0.39 is 6.10 Å². The van der Waals surface area contributed by atoms with E-state index in [-0.39, 0.29) is 6.04 Å². The minimum atomic E-state index is -0.393. The van der Waals surface area contributed by atoms with Crippen molar-refractivity contribution in [3.05, 3.63) is 29.8 Å². The average Bonchev–Trinajstić information content (AvgIpc) is 3.18. The van der Waals surface area contributed by atoms with Crippen LogP contribution in [0.25, 0.3) is 0 Å². The molecule has 1 aromatic rings. The van der Waals surface area contributed by atoms with Gasteiger partial charge in [-0.15, -0.1) is 0 Å². The lowest BCUT2D eigenvalue weighted by Crippen LogP contribution is -2.32. The van der Waals surface area contributed by atoms with Crippen LogP contribution < -0.4 is 10.6 Å². The van der Waals surface area contributed by atoms with Crippen molar-refractivity contribution in [2.24, 2.45) is 11.7 Å². The Morgan fingerprint density at radius 2 is 1.60 bits per heavy atom. The van der Waals surface area contributed by atoms with E-state index in [1.54, 1.807) is 0 Å². The highest BCUT2D eigenvalue weighted by Crippen LogP contribution is 2.33. The molecular formula is C17H26N2O. The lowest BCUT2D eigenvalue weighted by atomic mass is 9.91. The molecule has 0 spiro atoms. The van der Waals surface area contributed by atoms with Gasteiger partial charge >= 0.3 is 0 Å². The summed E-state index contributed by atoms with van der Waals surface area (Å²) in [4.78, 5) is 2.42. The van der Waals surface area contributed by atoms with Gasteiger partial charge < -0.3 is 15.7 Å². The standard InChI is InChI=1S/C17H26N2O/c18-16(17(20)14-5-1-2-6-14)13-7-9-15(10-8-13)19-11-3-4-12-19/h7-10,14,16-17,20H,1-6,11-12,18H2/t16-,17+/m0/s1. The van der Waals surface area contributed by atoms with E-state index in [0.717, 1.165) is 31.5 Å². The molecule has 3 heteroatoms. The summed E-state index contributed by atoms with van der Waals surface area (Å²) in [5, 5.41) is 10.4. The van der Waals surface area contributed by atoms with Crippen LogP contribution in [-0.2, 0) is 0 Å². The molecule has 1 aliphatic heterocycles. The third kappa shape index (κ3) is 2.84. The summed E-state index contributed by atoms with van der Waals surface area (Å²) in [5.41, 5.74) is 8.61. The molecule has 2 atom stereocenters. The van der Waals surface area contributed by atoms with Crippen LogP contribution in [0.1, 0.15) is 50.1 Å². The monoisotopic (exact) mass is 274 g/mol. The SMILES string of the molecule is N[C@@H](c1ccc(N2CCCC2)cc1)[C@H](O)C1CCCC1. The molecule has 1 heterocycles. The third-order valence-electron chi connectivity index (χ3n) is 5.00. The lowest BCUT2D eigenvalue weighted by Gasteiger charge is -2.25. The fraction of sp³-hybridized carbons (Fsp3) is 0.647. The fourth-order valence-corrected chi connectivity index (χ4v) is 3.67. The normalized spacial score (nSPS) is 23.2. The largest absolute Gasteiger partial charge is 0.391 e. The Morgan fingerprint density at radius 3 is 2.20 bits per heavy atom. The van der Waals surface area contributed by atoms with E-state index >= 15 is 0 Å². The maximum atomic E-state index is 10.4. The molecule has 3 nitrogen and oxygen atoms in total. The van der Waals surface area contributed by atoms with Gasteiger partial charge in [0, 0.05) is 18.8 Å². The topological polar surface area (TPSA) is 49.5 Å². The summed E-state index contributed by atoms with van der Waals surface area (Å²) >= 11 is 0. The number of nitrogens with zero attached hydrogens (tertiary/aromatic N) is 1. The van der Waals surface area contributed by atoms with Crippen molar-refractivity contribution in [1.82, 2.24) is 0 Å². The van der Waals surface area contributed by atoms with E-state index in [0.29, 0.717) is 5.92 Å². The number of rotatable bonds is 4. The summed E-state index contributed by atoms with van der Waals surface area (Å²) in [7, 11) is 0. The van der Waals surface area contributed by atoms with Crippen LogP contribution in [0.15, 0.2) is 24.3 Å². The number of anilines is 1. The van der Waals surface area contributed by atoms with Crippen LogP contribution in [0.2, 0.25) is 0 Å². The molecule has 0 unspecified atom stereocenters. The maximum absolute atomic E-state index is 10.4. The summed E-state index contributed by atoms with van der Waals surface area (Å²) < 4.78 is 0. The zero-order valence-electron chi connectivity index (χ0n) is 12.2. The molecule has 0 radical (unpaired) electrons. The number of benzene rings is 1. The van der Waals surface area contributed by atoms with Crippen molar-refractivity contribution >= 4 is 5.69 Å². The van der Waals surface area contributed by atoms with Crippen molar-refractivity contribution in [3.63, 3.8) is 0 Å². The third-order valence-corrected chi connectivity index (χ3v) is 5.00. The second kappa shape index (κ2) is 6.15. The highest BCUT2D eigenvalue weighted by molar-refractivity contribution is 5.48. The van der Waals surface area contributed by atoms with Gasteiger partial charge in [-0.1, -0.05) is 25.0 Å². The number of nitrogens with two attached hydrogens (primary N) is 1. The van der Waals surface area contributed by atoms with Gasteiger partial charge in [-0.2, -0.15) is 0 Å². The van der Waals surface area contributed by atoms with Gasteiger partial charge in [-0.05, 0) is 49.3 Å². The zero-order chi connectivity index (χ0) is 13.9. The number of aliphatic hydroxyl groups excluding tert-OH is 1. The minimum absolute atomic E-state index is 0.245. The summed E-state index contributed by atoms with van der Waals surface area (Å²) in [6.45, 7) is 2.33. The van der Waals surface area contributed by atoms with Crippen molar-refractivity contribution in [3.8, 4) is 0 Å². The first-order chi connectivity index (χ1) is 9.75. The molecule has 1 aromatic carbocycles. The lowest BCUT2D eigenvalue weighted by molar-refractivity contribution is 0.0845. The second-order valence-electron chi connectivity index (χ2n) is 6.35. The molecular weight excluding hydrogens is 248 g/mol. The van der Waals surface area contributed by atoms with Gasteiger partial charge in [-0.25, -0.2) is 0 Å². The van der Waals surface area contributed by atoms with E-state index in [4.69, 9.17) is 5.73 Å². The van der Waals surface area contributed by atoms with Gasteiger partial charge in [-0.3, -0.25) is 0 Å². The van der Waals surface area contributed by atoms with E-state index in [1.165, 1.54) is 31.4 Å². The van der Waals surface area contributed by atoms with Crippen LogP contribution in [0, 0.1) is 5.92 Å². The molecule has 20 heavy (non-hydrogen) atoms. The van der Waals surface area contributed by atoms with Gasteiger partial charge in [0.1, 0.15) is 0 Å². The highest BCUT2D eigenvalue weighted by Gasteiger charge is 2.28. The molecule has 2 fully saturated rings. The van der Waals surface area contributed by atoms with Crippen molar-refractivity contribution < 1.29 is 5.11 Å². The molecule has 0 amide bonds. The predicted octanol–water partition coefficient (Wildman–Crippen LogP) is 2.84. The summed E-state index contributed by atoms with van der Waals surface area (Å²) in [5.74, 6) is 0.392. The molecule has 1 saturated heterocycles. The van der Waals surface area contributed by atoms with E-state index in [1.807, 2.05) is 0 Å². The molecule has 1 saturated carbocycles. The van der Waals surface area contributed by atoms with E-state index in [2.05, 4.69) is 29.2 Å². The first kappa shape index (κ1) is 13.9. The Morgan fingerprint density at radius 1 is 1.00 bits per heavy atom. The molecule has 2 aliphatic rings. The molecule has 3 N–H and O–H groups in total. The maximum Gasteiger partial charge on any atom is 0.0760 e. The van der Waals surface area contributed by atoms with Crippen LogP contribution in [0.3, 0.4) is 0 Å². The second-order valence-corrected chi connectivity index (χ2v) is 6.35.